The Morgan fingerprint density at radius 1 is 0.939 bits per heavy atom. The normalized spacial score (nSPS) is 12.3. The van der Waals surface area contributed by atoms with Crippen molar-refractivity contribution in [3.8, 4) is 0 Å². The number of carbonyl (C=O) groups is 2. The Hall–Kier alpha value is -2.62. The third-order valence-electron chi connectivity index (χ3n) is 6.14. The van der Waals surface area contributed by atoms with Gasteiger partial charge in [0.1, 0.15) is 6.04 Å². The van der Waals surface area contributed by atoms with Crippen LogP contribution in [0.25, 0.3) is 0 Å². The molecule has 1 N–H and O–H groups in total. The zero-order chi connectivity index (χ0) is 24.4. The fourth-order valence-corrected chi connectivity index (χ4v) is 3.88. The summed E-state index contributed by atoms with van der Waals surface area (Å²) in [5.74, 6) is -0.0334. The maximum absolute atomic E-state index is 13.4. The highest BCUT2D eigenvalue weighted by Gasteiger charge is 2.28. The first-order chi connectivity index (χ1) is 15.7. The van der Waals surface area contributed by atoms with Crippen molar-refractivity contribution in [2.45, 2.75) is 91.6 Å². The van der Waals surface area contributed by atoms with E-state index in [0.717, 1.165) is 24.0 Å². The van der Waals surface area contributed by atoms with Crippen LogP contribution in [0.15, 0.2) is 48.5 Å². The third kappa shape index (κ3) is 8.34. The number of aryl methyl sites for hydroxylation is 2. The average Bonchev–Trinajstić information content (AvgIpc) is 2.78. The molecule has 2 aromatic carbocycles. The summed E-state index contributed by atoms with van der Waals surface area (Å²) in [5.41, 5.74) is 4.77. The molecule has 1 atom stereocenters. The second-order valence-corrected chi connectivity index (χ2v) is 10.0. The van der Waals surface area contributed by atoms with Gasteiger partial charge in [-0.25, -0.2) is 0 Å². The second-order valence-electron chi connectivity index (χ2n) is 10.0. The number of benzene rings is 2. The summed E-state index contributed by atoms with van der Waals surface area (Å²) in [7, 11) is 0. The number of hydrogen-bond acceptors (Lipinski definition) is 2. The Morgan fingerprint density at radius 2 is 1.55 bits per heavy atom. The monoisotopic (exact) mass is 450 g/mol. The van der Waals surface area contributed by atoms with Crippen LogP contribution < -0.4 is 5.32 Å². The molecule has 4 nitrogen and oxygen atoms in total. The summed E-state index contributed by atoms with van der Waals surface area (Å²) >= 11 is 0. The van der Waals surface area contributed by atoms with Crippen molar-refractivity contribution in [2.24, 2.45) is 0 Å². The first kappa shape index (κ1) is 26.6. The third-order valence-corrected chi connectivity index (χ3v) is 6.14. The van der Waals surface area contributed by atoms with Crippen LogP contribution >= 0.6 is 0 Å². The maximum atomic E-state index is 13.4. The summed E-state index contributed by atoms with van der Waals surface area (Å²) in [4.78, 5) is 28.1. The van der Waals surface area contributed by atoms with E-state index in [1.165, 1.54) is 11.1 Å². The lowest BCUT2D eigenvalue weighted by Gasteiger charge is -2.31. The van der Waals surface area contributed by atoms with Crippen LogP contribution in [0.4, 0.5) is 0 Å². The molecule has 2 aromatic rings. The minimum absolute atomic E-state index is 0.0213. The number of amides is 2. The number of unbranched alkanes of at least 4 members (excludes halogenated alkanes) is 1. The van der Waals surface area contributed by atoms with Gasteiger partial charge in [-0.15, -0.1) is 0 Å². The highest BCUT2D eigenvalue weighted by Crippen LogP contribution is 2.23. The predicted octanol–water partition coefficient (Wildman–Crippen LogP) is 5.95. The van der Waals surface area contributed by atoms with Crippen LogP contribution in [0.5, 0.6) is 0 Å². The largest absolute Gasteiger partial charge is 0.354 e. The molecule has 0 unspecified atom stereocenters. The molecule has 0 aliphatic carbocycles. The zero-order valence-electron chi connectivity index (χ0n) is 21.4. The predicted molar refractivity (Wildman–Crippen MR) is 137 cm³/mol. The lowest BCUT2D eigenvalue weighted by molar-refractivity contribution is -0.141. The standard InChI is InChI=1S/C29H42N2O2/c1-7-9-20-30-28(33)26(8-2)31(21-24-12-10-22(3)11-13-24)27(32)19-16-23-14-17-25(18-15-23)29(4,5)6/h10-15,17-18,26H,7-9,16,19-21H2,1-6H3,(H,30,33)/t26-/m0/s1. The Balaban J connectivity index is 2.15. The molecule has 180 valence electrons. The molecule has 0 aliphatic heterocycles. The van der Waals surface area contributed by atoms with Gasteiger partial charge in [-0.2, -0.15) is 0 Å². The molecule has 0 heterocycles. The first-order valence-electron chi connectivity index (χ1n) is 12.4. The van der Waals surface area contributed by atoms with Gasteiger partial charge in [0.15, 0.2) is 0 Å². The highest BCUT2D eigenvalue weighted by atomic mass is 16.2. The summed E-state index contributed by atoms with van der Waals surface area (Å²) in [5, 5.41) is 3.03. The van der Waals surface area contributed by atoms with Crippen LogP contribution in [-0.2, 0) is 28.0 Å². The smallest absolute Gasteiger partial charge is 0.242 e. The fraction of sp³-hybridized carbons (Fsp3) is 0.517. The Kier molecular flexibility index (Phi) is 10.1. The van der Waals surface area contributed by atoms with Gasteiger partial charge >= 0.3 is 0 Å². The van der Waals surface area contributed by atoms with E-state index in [4.69, 9.17) is 0 Å². The van der Waals surface area contributed by atoms with Crippen molar-refractivity contribution in [3.63, 3.8) is 0 Å². The number of hydrogen-bond donors (Lipinski definition) is 1. The molecule has 4 heteroatoms. The molecule has 0 aliphatic rings. The Labute approximate surface area is 200 Å². The summed E-state index contributed by atoms with van der Waals surface area (Å²) < 4.78 is 0. The summed E-state index contributed by atoms with van der Waals surface area (Å²) in [6, 6.07) is 16.3. The average molecular weight is 451 g/mol. The lowest BCUT2D eigenvalue weighted by atomic mass is 9.86. The fourth-order valence-electron chi connectivity index (χ4n) is 3.88. The molecule has 0 radical (unpaired) electrons. The van der Waals surface area contributed by atoms with Crippen LogP contribution in [0.2, 0.25) is 0 Å². The molecule has 0 saturated carbocycles. The van der Waals surface area contributed by atoms with Gasteiger partial charge in [0.05, 0.1) is 0 Å². The Bertz CT molecular complexity index is 879. The van der Waals surface area contributed by atoms with E-state index < -0.39 is 6.04 Å². The van der Waals surface area contributed by atoms with Crippen molar-refractivity contribution in [1.29, 1.82) is 0 Å². The topological polar surface area (TPSA) is 49.4 Å². The van der Waals surface area contributed by atoms with Gasteiger partial charge in [-0.1, -0.05) is 95.1 Å². The number of nitrogens with zero attached hydrogens (tertiary/aromatic N) is 1. The van der Waals surface area contributed by atoms with E-state index in [9.17, 15) is 9.59 Å². The molecular weight excluding hydrogens is 408 g/mol. The van der Waals surface area contributed by atoms with E-state index in [0.29, 0.717) is 32.4 Å². The van der Waals surface area contributed by atoms with Gasteiger partial charge < -0.3 is 10.2 Å². The molecule has 2 rings (SSSR count). The minimum Gasteiger partial charge on any atom is -0.354 e. The quantitative estimate of drug-likeness (QED) is 0.430. The number of carbonyl (C=O) groups excluding carboxylic acids is 2. The van der Waals surface area contributed by atoms with E-state index in [2.05, 4.69) is 69.4 Å². The van der Waals surface area contributed by atoms with E-state index in [1.807, 2.05) is 26.0 Å². The van der Waals surface area contributed by atoms with Crippen molar-refractivity contribution in [1.82, 2.24) is 10.2 Å². The molecule has 0 saturated heterocycles. The SMILES string of the molecule is CCCCNC(=O)[C@H](CC)N(Cc1ccc(C)cc1)C(=O)CCc1ccc(C(C)(C)C)cc1. The van der Waals surface area contributed by atoms with Gasteiger partial charge in [0.25, 0.3) is 0 Å². The minimum atomic E-state index is -0.459. The van der Waals surface area contributed by atoms with Crippen LogP contribution in [-0.4, -0.2) is 29.3 Å². The molecule has 33 heavy (non-hydrogen) atoms. The number of rotatable bonds is 11. The molecule has 0 spiro atoms. The zero-order valence-corrected chi connectivity index (χ0v) is 21.4. The van der Waals surface area contributed by atoms with Gasteiger partial charge in [-0.05, 0) is 48.3 Å². The maximum Gasteiger partial charge on any atom is 0.242 e. The second kappa shape index (κ2) is 12.6. The highest BCUT2D eigenvalue weighted by molar-refractivity contribution is 5.87. The van der Waals surface area contributed by atoms with Gasteiger partial charge in [-0.3, -0.25) is 9.59 Å². The molecular formula is C29H42N2O2. The lowest BCUT2D eigenvalue weighted by Crippen LogP contribution is -2.49. The van der Waals surface area contributed by atoms with Crippen LogP contribution in [0.3, 0.4) is 0 Å². The van der Waals surface area contributed by atoms with E-state index in [-0.39, 0.29) is 17.2 Å². The van der Waals surface area contributed by atoms with Crippen molar-refractivity contribution in [3.05, 3.63) is 70.8 Å². The summed E-state index contributed by atoms with van der Waals surface area (Å²) in [6.07, 6.45) is 3.62. The van der Waals surface area contributed by atoms with Crippen molar-refractivity contribution < 1.29 is 9.59 Å². The van der Waals surface area contributed by atoms with Crippen molar-refractivity contribution in [2.75, 3.05) is 6.54 Å². The summed E-state index contributed by atoms with van der Waals surface area (Å²) in [6.45, 7) is 13.8. The van der Waals surface area contributed by atoms with Crippen LogP contribution in [0, 0.1) is 6.92 Å². The molecule has 0 aromatic heterocycles. The van der Waals surface area contributed by atoms with Crippen molar-refractivity contribution >= 4 is 11.8 Å². The van der Waals surface area contributed by atoms with Crippen LogP contribution in [0.1, 0.15) is 82.6 Å². The van der Waals surface area contributed by atoms with E-state index in [1.54, 1.807) is 4.90 Å². The first-order valence-corrected chi connectivity index (χ1v) is 12.4. The molecule has 0 bridgehead atoms. The number of nitrogens with one attached hydrogen (secondary N) is 1. The Morgan fingerprint density at radius 3 is 2.09 bits per heavy atom. The molecule has 2 amide bonds. The molecule has 0 fully saturated rings. The van der Waals surface area contributed by atoms with Gasteiger partial charge in [0, 0.05) is 19.5 Å². The van der Waals surface area contributed by atoms with E-state index >= 15 is 0 Å². The van der Waals surface area contributed by atoms with Gasteiger partial charge in [0.2, 0.25) is 11.8 Å².